The van der Waals surface area contributed by atoms with Crippen molar-refractivity contribution in [1.29, 1.82) is 0 Å². The molecule has 0 amide bonds. The topological polar surface area (TPSA) is 49.0 Å². The normalized spacial score (nSPS) is 37.2. The van der Waals surface area contributed by atoms with E-state index in [9.17, 15) is 4.79 Å². The molecule has 3 rings (SSSR count). The van der Waals surface area contributed by atoms with Gasteiger partial charge in [-0.15, -0.1) is 0 Å². The van der Waals surface area contributed by atoms with Gasteiger partial charge < -0.3 is 0 Å². The third-order valence-corrected chi connectivity index (χ3v) is 3.07. The Kier molecular flexibility index (Phi) is 1.23. The highest BCUT2D eigenvalue weighted by Crippen LogP contribution is 2.38. The molecule has 2 fully saturated rings. The Balaban J connectivity index is 2.09. The van der Waals surface area contributed by atoms with Crippen LogP contribution in [0.5, 0.6) is 0 Å². The summed E-state index contributed by atoms with van der Waals surface area (Å²) in [6.45, 7) is 0.623. The van der Waals surface area contributed by atoms with Gasteiger partial charge in [-0.1, -0.05) is 0 Å². The lowest BCUT2D eigenvalue weighted by molar-refractivity contribution is -0.125. The lowest BCUT2D eigenvalue weighted by atomic mass is 9.98. The second kappa shape index (κ2) is 2.20. The summed E-state index contributed by atoms with van der Waals surface area (Å²) in [4.78, 5) is 11.7. The van der Waals surface area contributed by atoms with Crippen LogP contribution in [0.3, 0.4) is 0 Å². The fourth-order valence-corrected chi connectivity index (χ4v) is 2.36. The van der Waals surface area contributed by atoms with Crippen LogP contribution in [0.25, 0.3) is 0 Å². The molecule has 67 valence electrons. The van der Waals surface area contributed by atoms with Gasteiger partial charge in [0.15, 0.2) is 5.78 Å². The van der Waals surface area contributed by atoms with Gasteiger partial charge in [-0.3, -0.25) is 9.48 Å². The van der Waals surface area contributed by atoms with Gasteiger partial charge in [0.2, 0.25) is 0 Å². The van der Waals surface area contributed by atoms with Crippen molar-refractivity contribution in [2.45, 2.75) is 24.4 Å². The SMILES string of the molecule is O=C1CC2CC1(n1cccn1)C[N]2. The molecule has 2 atom stereocenters. The van der Waals surface area contributed by atoms with Gasteiger partial charge in [-0.25, -0.2) is 5.32 Å². The van der Waals surface area contributed by atoms with Gasteiger partial charge >= 0.3 is 0 Å². The molecule has 4 heteroatoms. The van der Waals surface area contributed by atoms with E-state index in [0.29, 0.717) is 18.7 Å². The summed E-state index contributed by atoms with van der Waals surface area (Å²) in [6.07, 6.45) is 5.04. The first-order valence-corrected chi connectivity index (χ1v) is 4.51. The zero-order valence-corrected chi connectivity index (χ0v) is 7.18. The van der Waals surface area contributed by atoms with Gasteiger partial charge in [-0.2, -0.15) is 5.10 Å². The van der Waals surface area contributed by atoms with Crippen LogP contribution in [-0.2, 0) is 10.3 Å². The van der Waals surface area contributed by atoms with Gasteiger partial charge in [0.05, 0.1) is 0 Å². The number of hydrogen-bond acceptors (Lipinski definition) is 2. The van der Waals surface area contributed by atoms with Crippen molar-refractivity contribution >= 4 is 5.78 Å². The molecule has 0 N–H and O–H groups in total. The maximum absolute atomic E-state index is 11.7. The minimum atomic E-state index is -0.409. The molecule has 1 saturated carbocycles. The van der Waals surface area contributed by atoms with Crippen molar-refractivity contribution < 1.29 is 4.79 Å². The van der Waals surface area contributed by atoms with E-state index in [-0.39, 0.29) is 6.04 Å². The van der Waals surface area contributed by atoms with Crippen LogP contribution >= 0.6 is 0 Å². The number of rotatable bonds is 1. The largest absolute Gasteiger partial charge is 0.297 e. The number of nitrogens with zero attached hydrogens (tertiary/aromatic N) is 3. The van der Waals surface area contributed by atoms with E-state index in [4.69, 9.17) is 0 Å². The third-order valence-electron chi connectivity index (χ3n) is 3.07. The van der Waals surface area contributed by atoms with Crippen LogP contribution in [-0.4, -0.2) is 28.2 Å². The Labute approximate surface area is 75.9 Å². The molecule has 2 aliphatic rings. The number of carbonyl (C=O) groups is 1. The second-order valence-electron chi connectivity index (χ2n) is 3.81. The predicted molar refractivity (Wildman–Crippen MR) is 45.2 cm³/mol. The van der Waals surface area contributed by atoms with Crippen LogP contribution < -0.4 is 5.32 Å². The summed E-state index contributed by atoms with van der Waals surface area (Å²) in [5, 5.41) is 8.56. The predicted octanol–water partition coefficient (Wildman–Crippen LogP) is -0.0721. The molecular weight excluding hydrogens is 166 g/mol. The molecular formula is C9H10N3O. The fourth-order valence-electron chi connectivity index (χ4n) is 2.36. The average Bonchev–Trinajstić information content (AvgIpc) is 2.76. The molecule has 13 heavy (non-hydrogen) atoms. The minimum Gasteiger partial charge on any atom is -0.297 e. The third kappa shape index (κ3) is 0.785. The Bertz CT molecular complexity index is 346. The van der Waals surface area contributed by atoms with E-state index in [1.807, 2.05) is 12.3 Å². The van der Waals surface area contributed by atoms with Crippen molar-refractivity contribution in [1.82, 2.24) is 15.1 Å². The summed E-state index contributed by atoms with van der Waals surface area (Å²) >= 11 is 0. The molecule has 2 heterocycles. The quantitative estimate of drug-likeness (QED) is 0.601. The number of aromatic nitrogens is 2. The molecule has 2 unspecified atom stereocenters. The van der Waals surface area contributed by atoms with Crippen LogP contribution in [0.4, 0.5) is 0 Å². The first-order valence-electron chi connectivity index (χ1n) is 4.51. The molecule has 2 bridgehead atoms. The second-order valence-corrected chi connectivity index (χ2v) is 3.81. The number of hydrogen-bond donors (Lipinski definition) is 0. The maximum atomic E-state index is 11.7. The summed E-state index contributed by atoms with van der Waals surface area (Å²) in [7, 11) is 0. The molecule has 1 aliphatic carbocycles. The first-order chi connectivity index (χ1) is 6.31. The number of ketones is 1. The van der Waals surface area contributed by atoms with Crippen LogP contribution in [0.15, 0.2) is 18.5 Å². The summed E-state index contributed by atoms with van der Waals surface area (Å²) in [5.74, 6) is 0.302. The lowest BCUT2D eigenvalue weighted by Gasteiger charge is -2.24. The minimum absolute atomic E-state index is 0.261. The molecule has 1 aromatic rings. The summed E-state index contributed by atoms with van der Waals surface area (Å²) < 4.78 is 1.78. The number of piperidine rings is 1. The molecule has 0 aromatic carbocycles. The molecule has 4 nitrogen and oxygen atoms in total. The highest BCUT2D eigenvalue weighted by atomic mass is 16.1. The Morgan fingerprint density at radius 3 is 3.08 bits per heavy atom. The van der Waals surface area contributed by atoms with Crippen molar-refractivity contribution in [3.63, 3.8) is 0 Å². The molecule has 0 spiro atoms. The van der Waals surface area contributed by atoms with Crippen LogP contribution in [0.1, 0.15) is 12.8 Å². The van der Waals surface area contributed by atoms with E-state index in [0.717, 1.165) is 6.42 Å². The Morgan fingerprint density at radius 2 is 2.54 bits per heavy atom. The average molecular weight is 176 g/mol. The van der Waals surface area contributed by atoms with E-state index >= 15 is 0 Å². The molecule has 1 saturated heterocycles. The van der Waals surface area contributed by atoms with Crippen molar-refractivity contribution in [3.8, 4) is 0 Å². The van der Waals surface area contributed by atoms with Gasteiger partial charge in [0.25, 0.3) is 0 Å². The number of carbonyl (C=O) groups excluding carboxylic acids is 1. The molecule has 1 aliphatic heterocycles. The monoisotopic (exact) mass is 176 g/mol. The standard InChI is InChI=1S/C9H10N3O/c13-8-4-7-5-9(8,6-10-7)12-3-1-2-11-12/h1-3,7H,4-6H2. The van der Waals surface area contributed by atoms with Gasteiger partial charge in [0, 0.05) is 31.4 Å². The maximum Gasteiger partial charge on any atom is 0.163 e. The highest BCUT2D eigenvalue weighted by molar-refractivity contribution is 5.90. The van der Waals surface area contributed by atoms with E-state index in [1.165, 1.54) is 0 Å². The number of fused-ring (bicyclic) bond motifs is 2. The van der Waals surface area contributed by atoms with Crippen molar-refractivity contribution in [2.24, 2.45) is 0 Å². The molecule has 1 aromatic heterocycles. The Hall–Kier alpha value is -1.16. The zero-order chi connectivity index (χ0) is 8.89. The summed E-state index contributed by atoms with van der Waals surface area (Å²) in [5.41, 5.74) is -0.409. The fraction of sp³-hybridized carbons (Fsp3) is 0.556. The molecule has 1 radical (unpaired) electrons. The zero-order valence-electron chi connectivity index (χ0n) is 7.18. The van der Waals surface area contributed by atoms with E-state index in [2.05, 4.69) is 10.4 Å². The smallest absolute Gasteiger partial charge is 0.163 e. The number of Topliss-reactive ketones (excluding diaryl/α,β-unsaturated/α-hetero) is 1. The first kappa shape index (κ1) is 7.26. The van der Waals surface area contributed by atoms with Crippen molar-refractivity contribution in [3.05, 3.63) is 18.5 Å². The van der Waals surface area contributed by atoms with Crippen LogP contribution in [0, 0.1) is 0 Å². The van der Waals surface area contributed by atoms with E-state index in [1.54, 1.807) is 10.9 Å². The van der Waals surface area contributed by atoms with Crippen molar-refractivity contribution in [2.75, 3.05) is 6.54 Å². The van der Waals surface area contributed by atoms with Gasteiger partial charge in [-0.05, 0) is 12.5 Å². The van der Waals surface area contributed by atoms with Gasteiger partial charge in [0.1, 0.15) is 5.54 Å². The van der Waals surface area contributed by atoms with E-state index < -0.39 is 5.54 Å². The summed E-state index contributed by atoms with van der Waals surface area (Å²) in [6, 6.07) is 2.12. The lowest BCUT2D eigenvalue weighted by Crippen LogP contribution is -2.43. The highest BCUT2D eigenvalue weighted by Gasteiger charge is 2.54. The Morgan fingerprint density at radius 1 is 1.62 bits per heavy atom. The van der Waals surface area contributed by atoms with Crippen LogP contribution in [0.2, 0.25) is 0 Å².